The van der Waals surface area contributed by atoms with Crippen molar-refractivity contribution >= 4 is 17.2 Å². The number of nitrogens with one attached hydrogen (secondary N) is 1. The Hall–Kier alpha value is -1.73. The second-order valence-corrected chi connectivity index (χ2v) is 6.10. The minimum absolute atomic E-state index is 0.172. The summed E-state index contributed by atoms with van der Waals surface area (Å²) in [5.41, 5.74) is 0. The SMILES string of the molecule is O=C(c1cccs1)N1CCC(NCCn2cncn2)CC1. The fourth-order valence-corrected chi connectivity index (χ4v) is 3.27. The van der Waals surface area contributed by atoms with Gasteiger partial charge in [0.1, 0.15) is 12.7 Å². The van der Waals surface area contributed by atoms with Gasteiger partial charge in [-0.2, -0.15) is 5.10 Å². The Bertz CT molecular complexity index is 546. The highest BCUT2D eigenvalue weighted by atomic mass is 32.1. The van der Waals surface area contributed by atoms with E-state index in [2.05, 4.69) is 15.4 Å². The summed E-state index contributed by atoms with van der Waals surface area (Å²) in [4.78, 5) is 19.0. The fraction of sp³-hybridized carbons (Fsp3) is 0.500. The summed E-state index contributed by atoms with van der Waals surface area (Å²) in [7, 11) is 0. The molecule has 6 nitrogen and oxygen atoms in total. The van der Waals surface area contributed by atoms with Gasteiger partial charge in [-0.05, 0) is 24.3 Å². The van der Waals surface area contributed by atoms with Crippen LogP contribution >= 0.6 is 11.3 Å². The van der Waals surface area contributed by atoms with Crippen LogP contribution in [0, 0.1) is 0 Å². The molecule has 1 aliphatic rings. The van der Waals surface area contributed by atoms with Crippen molar-refractivity contribution in [3.8, 4) is 0 Å². The second-order valence-electron chi connectivity index (χ2n) is 5.16. The van der Waals surface area contributed by atoms with Crippen LogP contribution in [0.1, 0.15) is 22.5 Å². The molecule has 2 aromatic rings. The smallest absolute Gasteiger partial charge is 0.263 e. The van der Waals surface area contributed by atoms with Gasteiger partial charge < -0.3 is 10.2 Å². The Morgan fingerprint density at radius 3 is 2.95 bits per heavy atom. The lowest BCUT2D eigenvalue weighted by atomic mass is 10.0. The summed E-state index contributed by atoms with van der Waals surface area (Å²) < 4.78 is 1.82. The first-order valence-electron chi connectivity index (χ1n) is 7.21. The molecule has 0 spiro atoms. The quantitative estimate of drug-likeness (QED) is 0.902. The first-order valence-corrected chi connectivity index (χ1v) is 8.09. The lowest BCUT2D eigenvalue weighted by Gasteiger charge is -2.32. The van der Waals surface area contributed by atoms with Crippen LogP contribution in [0.25, 0.3) is 0 Å². The van der Waals surface area contributed by atoms with Crippen LogP contribution in [-0.4, -0.2) is 51.2 Å². The van der Waals surface area contributed by atoms with E-state index < -0.39 is 0 Å². The number of carbonyl (C=O) groups excluding carboxylic acids is 1. The van der Waals surface area contributed by atoms with E-state index in [4.69, 9.17) is 0 Å². The Kier molecular flexibility index (Phi) is 4.62. The zero-order valence-electron chi connectivity index (χ0n) is 11.8. The van der Waals surface area contributed by atoms with E-state index in [9.17, 15) is 4.79 Å². The molecular weight excluding hydrogens is 286 g/mol. The summed E-state index contributed by atoms with van der Waals surface area (Å²) in [6, 6.07) is 4.31. The Morgan fingerprint density at radius 1 is 1.43 bits per heavy atom. The fourth-order valence-electron chi connectivity index (χ4n) is 2.57. The molecule has 2 aromatic heterocycles. The summed E-state index contributed by atoms with van der Waals surface area (Å²) in [6.07, 6.45) is 5.29. The lowest BCUT2D eigenvalue weighted by Crippen LogP contribution is -2.45. The highest BCUT2D eigenvalue weighted by Crippen LogP contribution is 2.16. The maximum absolute atomic E-state index is 12.2. The lowest BCUT2D eigenvalue weighted by molar-refractivity contribution is 0.0710. The molecule has 112 valence electrons. The maximum Gasteiger partial charge on any atom is 0.263 e. The molecule has 21 heavy (non-hydrogen) atoms. The third kappa shape index (κ3) is 3.68. The molecule has 1 saturated heterocycles. The van der Waals surface area contributed by atoms with Crippen LogP contribution in [0.3, 0.4) is 0 Å². The van der Waals surface area contributed by atoms with Crippen molar-refractivity contribution in [2.45, 2.75) is 25.4 Å². The van der Waals surface area contributed by atoms with E-state index in [1.54, 1.807) is 12.7 Å². The standard InChI is InChI=1S/C14H19N5OS/c20-14(13-2-1-9-21-13)18-6-3-12(4-7-18)16-5-8-19-11-15-10-17-19/h1-2,9-12,16H,3-8H2. The second kappa shape index (κ2) is 6.82. The molecule has 0 radical (unpaired) electrons. The average Bonchev–Trinajstić information content (AvgIpc) is 3.21. The zero-order valence-corrected chi connectivity index (χ0v) is 12.6. The number of hydrogen-bond donors (Lipinski definition) is 1. The summed E-state index contributed by atoms with van der Waals surface area (Å²) >= 11 is 1.52. The number of hydrogen-bond acceptors (Lipinski definition) is 5. The molecule has 0 aromatic carbocycles. The van der Waals surface area contributed by atoms with Gasteiger partial charge in [0, 0.05) is 25.7 Å². The molecule has 1 fully saturated rings. The molecule has 7 heteroatoms. The minimum atomic E-state index is 0.172. The van der Waals surface area contributed by atoms with Crippen LogP contribution in [-0.2, 0) is 6.54 Å². The van der Waals surface area contributed by atoms with Crippen molar-refractivity contribution < 1.29 is 4.79 Å². The number of amides is 1. The molecule has 3 heterocycles. The van der Waals surface area contributed by atoms with E-state index in [1.807, 2.05) is 27.1 Å². The van der Waals surface area contributed by atoms with Crippen molar-refractivity contribution in [1.29, 1.82) is 0 Å². The van der Waals surface area contributed by atoms with Gasteiger partial charge in [0.2, 0.25) is 0 Å². The van der Waals surface area contributed by atoms with Gasteiger partial charge in [-0.15, -0.1) is 11.3 Å². The number of rotatable bonds is 5. The molecule has 0 atom stereocenters. The summed E-state index contributed by atoms with van der Waals surface area (Å²) in [5.74, 6) is 0.172. The predicted molar refractivity (Wildman–Crippen MR) is 81.3 cm³/mol. The van der Waals surface area contributed by atoms with E-state index in [0.29, 0.717) is 6.04 Å². The number of piperidine rings is 1. The minimum Gasteiger partial charge on any atom is -0.338 e. The zero-order chi connectivity index (χ0) is 14.5. The van der Waals surface area contributed by atoms with Crippen LogP contribution in [0.4, 0.5) is 0 Å². The van der Waals surface area contributed by atoms with E-state index in [-0.39, 0.29) is 5.91 Å². The van der Waals surface area contributed by atoms with E-state index >= 15 is 0 Å². The average molecular weight is 305 g/mol. The molecule has 0 bridgehead atoms. The Balaban J connectivity index is 1.40. The van der Waals surface area contributed by atoms with Crippen LogP contribution < -0.4 is 5.32 Å². The molecule has 0 aliphatic carbocycles. The van der Waals surface area contributed by atoms with Crippen LogP contribution in [0.5, 0.6) is 0 Å². The third-order valence-corrected chi connectivity index (χ3v) is 4.61. The van der Waals surface area contributed by atoms with Gasteiger partial charge in [-0.1, -0.05) is 6.07 Å². The van der Waals surface area contributed by atoms with Crippen molar-refractivity contribution in [2.75, 3.05) is 19.6 Å². The summed E-state index contributed by atoms with van der Waals surface area (Å²) in [6.45, 7) is 3.37. The largest absolute Gasteiger partial charge is 0.338 e. The first kappa shape index (κ1) is 14.2. The predicted octanol–water partition coefficient (Wildman–Crippen LogP) is 1.23. The number of nitrogens with zero attached hydrogens (tertiary/aromatic N) is 4. The monoisotopic (exact) mass is 305 g/mol. The van der Waals surface area contributed by atoms with E-state index in [1.165, 1.54) is 11.3 Å². The van der Waals surface area contributed by atoms with Crippen LogP contribution in [0.15, 0.2) is 30.2 Å². The third-order valence-electron chi connectivity index (χ3n) is 3.75. The van der Waals surface area contributed by atoms with Gasteiger partial charge in [-0.3, -0.25) is 9.48 Å². The highest BCUT2D eigenvalue weighted by Gasteiger charge is 2.23. The van der Waals surface area contributed by atoms with Gasteiger partial charge in [0.05, 0.1) is 11.4 Å². The van der Waals surface area contributed by atoms with Gasteiger partial charge in [0.25, 0.3) is 5.91 Å². The topological polar surface area (TPSA) is 63.1 Å². The molecule has 1 aliphatic heterocycles. The molecule has 3 rings (SSSR count). The maximum atomic E-state index is 12.2. The van der Waals surface area contributed by atoms with Crippen LogP contribution in [0.2, 0.25) is 0 Å². The van der Waals surface area contributed by atoms with Gasteiger partial charge >= 0.3 is 0 Å². The number of carbonyl (C=O) groups is 1. The van der Waals surface area contributed by atoms with Crippen molar-refractivity contribution in [3.63, 3.8) is 0 Å². The number of likely N-dealkylation sites (tertiary alicyclic amines) is 1. The van der Waals surface area contributed by atoms with Gasteiger partial charge in [0.15, 0.2) is 0 Å². The molecule has 1 N–H and O–H groups in total. The van der Waals surface area contributed by atoms with Crippen molar-refractivity contribution in [1.82, 2.24) is 25.0 Å². The summed E-state index contributed by atoms with van der Waals surface area (Å²) in [5, 5.41) is 9.56. The van der Waals surface area contributed by atoms with E-state index in [0.717, 1.165) is 43.9 Å². The molecule has 0 unspecified atom stereocenters. The Morgan fingerprint density at radius 2 is 2.29 bits per heavy atom. The van der Waals surface area contributed by atoms with Crippen molar-refractivity contribution in [2.24, 2.45) is 0 Å². The molecule has 0 saturated carbocycles. The Labute approximate surface area is 127 Å². The highest BCUT2D eigenvalue weighted by molar-refractivity contribution is 7.12. The molecular formula is C14H19N5OS. The van der Waals surface area contributed by atoms with Gasteiger partial charge in [-0.25, -0.2) is 4.98 Å². The van der Waals surface area contributed by atoms with Crippen molar-refractivity contribution in [3.05, 3.63) is 35.0 Å². The normalized spacial score (nSPS) is 16.3. The number of thiophene rings is 1. The first-order chi connectivity index (χ1) is 10.3. The number of aromatic nitrogens is 3. The molecule has 1 amide bonds.